The smallest absolute Gasteiger partial charge is 0.256 e. The number of piperazine rings is 1. The monoisotopic (exact) mass is 469 g/mol. The average Bonchev–Trinajstić information content (AvgIpc) is 2.79. The molecular formula is C25H25Cl2N3O2. The average molecular weight is 470 g/mol. The molecule has 0 unspecified atom stereocenters. The summed E-state index contributed by atoms with van der Waals surface area (Å²) in [6.07, 6.45) is 1.46. The molecule has 4 rings (SSSR count). The molecule has 3 aromatic carbocycles. The fraction of sp³-hybridized carbons (Fsp3) is 0.280. The Bertz CT molecular complexity index is 1160. The van der Waals surface area contributed by atoms with Gasteiger partial charge in [0.15, 0.2) is 0 Å². The van der Waals surface area contributed by atoms with Gasteiger partial charge in [-0.3, -0.25) is 9.59 Å². The number of benzene rings is 3. The predicted molar refractivity (Wildman–Crippen MR) is 132 cm³/mol. The van der Waals surface area contributed by atoms with E-state index in [1.54, 1.807) is 12.1 Å². The Hall–Kier alpha value is -2.76. The van der Waals surface area contributed by atoms with Crippen molar-refractivity contribution in [3.05, 3.63) is 70.2 Å². The first-order chi connectivity index (χ1) is 15.5. The lowest BCUT2D eigenvalue weighted by atomic mass is 10.0. The Labute approximate surface area is 197 Å². The molecule has 1 saturated heterocycles. The van der Waals surface area contributed by atoms with E-state index in [0.717, 1.165) is 36.0 Å². The molecule has 1 aliphatic heterocycles. The minimum absolute atomic E-state index is 0.214. The quantitative estimate of drug-likeness (QED) is 0.509. The van der Waals surface area contributed by atoms with Gasteiger partial charge >= 0.3 is 0 Å². The Morgan fingerprint density at radius 3 is 2.34 bits per heavy atom. The van der Waals surface area contributed by atoms with E-state index in [0.29, 0.717) is 40.8 Å². The molecule has 0 radical (unpaired) electrons. The van der Waals surface area contributed by atoms with Crippen molar-refractivity contribution in [2.24, 2.45) is 0 Å². The van der Waals surface area contributed by atoms with Crippen LogP contribution in [0.15, 0.2) is 54.6 Å². The van der Waals surface area contributed by atoms with Crippen molar-refractivity contribution in [1.29, 1.82) is 0 Å². The molecule has 5 nitrogen and oxygen atoms in total. The number of halogens is 2. The minimum atomic E-state index is -0.218. The van der Waals surface area contributed by atoms with E-state index in [9.17, 15) is 9.59 Å². The van der Waals surface area contributed by atoms with Crippen LogP contribution in [0.2, 0.25) is 10.0 Å². The molecular weight excluding hydrogens is 445 g/mol. The van der Waals surface area contributed by atoms with Gasteiger partial charge in [-0.2, -0.15) is 0 Å². The number of nitrogens with one attached hydrogen (secondary N) is 1. The summed E-state index contributed by atoms with van der Waals surface area (Å²) in [6.45, 7) is 4.87. The number of carbonyl (C=O) groups excluding carboxylic acids is 2. The van der Waals surface area contributed by atoms with Crippen molar-refractivity contribution in [2.75, 3.05) is 36.4 Å². The molecule has 32 heavy (non-hydrogen) atoms. The second-order valence-electron chi connectivity index (χ2n) is 7.88. The molecule has 0 bridgehead atoms. The Balaban J connectivity index is 1.46. The number of rotatable bonds is 5. The van der Waals surface area contributed by atoms with Crippen molar-refractivity contribution < 1.29 is 9.59 Å². The summed E-state index contributed by atoms with van der Waals surface area (Å²) >= 11 is 12.8. The normalized spacial score (nSPS) is 14.0. The lowest BCUT2D eigenvalue weighted by Gasteiger charge is -2.36. The SMILES string of the molecule is CCCC(=O)N1CCN(c2ccc(NC(=O)c3cccc4c(Cl)cccc34)cc2Cl)CC1. The van der Waals surface area contributed by atoms with Crippen LogP contribution in [0.1, 0.15) is 30.1 Å². The van der Waals surface area contributed by atoms with Crippen LogP contribution >= 0.6 is 23.2 Å². The topological polar surface area (TPSA) is 52.7 Å². The van der Waals surface area contributed by atoms with Gasteiger partial charge < -0.3 is 15.1 Å². The molecule has 0 aromatic heterocycles. The third kappa shape index (κ3) is 4.69. The second-order valence-corrected chi connectivity index (χ2v) is 8.69. The maximum Gasteiger partial charge on any atom is 0.256 e. The Morgan fingerprint density at radius 2 is 1.62 bits per heavy atom. The molecule has 3 aromatic rings. The van der Waals surface area contributed by atoms with Gasteiger partial charge in [0.1, 0.15) is 0 Å². The van der Waals surface area contributed by atoms with E-state index in [4.69, 9.17) is 23.2 Å². The van der Waals surface area contributed by atoms with Gasteiger partial charge in [-0.15, -0.1) is 0 Å². The first-order valence-electron chi connectivity index (χ1n) is 10.8. The molecule has 166 valence electrons. The lowest BCUT2D eigenvalue weighted by Crippen LogP contribution is -2.48. The number of fused-ring (bicyclic) bond motifs is 1. The zero-order valence-corrected chi connectivity index (χ0v) is 19.4. The largest absolute Gasteiger partial charge is 0.367 e. The fourth-order valence-electron chi connectivity index (χ4n) is 4.08. The van der Waals surface area contributed by atoms with Gasteiger partial charge in [0, 0.05) is 54.3 Å². The number of anilines is 2. The molecule has 1 aliphatic rings. The summed E-state index contributed by atoms with van der Waals surface area (Å²) in [5.74, 6) is -0.00392. The third-order valence-corrected chi connectivity index (χ3v) is 6.39. The highest BCUT2D eigenvalue weighted by Crippen LogP contribution is 2.31. The zero-order chi connectivity index (χ0) is 22.7. The van der Waals surface area contributed by atoms with Crippen LogP contribution in [-0.4, -0.2) is 42.9 Å². The number of hydrogen-bond donors (Lipinski definition) is 1. The number of carbonyl (C=O) groups is 2. The van der Waals surface area contributed by atoms with Crippen LogP contribution in [0.3, 0.4) is 0 Å². The molecule has 2 amide bonds. The van der Waals surface area contributed by atoms with Crippen LogP contribution in [0.5, 0.6) is 0 Å². The van der Waals surface area contributed by atoms with Gasteiger partial charge in [-0.25, -0.2) is 0 Å². The van der Waals surface area contributed by atoms with E-state index in [1.807, 2.05) is 54.3 Å². The van der Waals surface area contributed by atoms with E-state index < -0.39 is 0 Å². The van der Waals surface area contributed by atoms with Gasteiger partial charge in [-0.05, 0) is 42.1 Å². The van der Waals surface area contributed by atoms with E-state index >= 15 is 0 Å². The summed E-state index contributed by atoms with van der Waals surface area (Å²) in [6, 6.07) is 16.6. The minimum Gasteiger partial charge on any atom is -0.367 e. The van der Waals surface area contributed by atoms with Crippen molar-refractivity contribution in [3.63, 3.8) is 0 Å². The van der Waals surface area contributed by atoms with Crippen molar-refractivity contribution >= 4 is 57.2 Å². The predicted octanol–water partition coefficient (Wildman–Crippen LogP) is 5.85. The standard InChI is InChI=1S/C25H25Cl2N3O2/c1-2-5-24(31)30-14-12-29(13-15-30)23-11-10-17(16-22(23)27)28-25(32)20-8-3-7-19-18(20)6-4-9-21(19)26/h3-4,6-11,16H,2,5,12-15H2,1H3,(H,28,32). The maximum absolute atomic E-state index is 12.9. The molecule has 0 spiro atoms. The first-order valence-corrected chi connectivity index (χ1v) is 11.5. The summed E-state index contributed by atoms with van der Waals surface area (Å²) < 4.78 is 0. The van der Waals surface area contributed by atoms with Crippen LogP contribution in [0.4, 0.5) is 11.4 Å². The number of hydrogen-bond acceptors (Lipinski definition) is 3. The highest BCUT2D eigenvalue weighted by molar-refractivity contribution is 6.36. The fourth-order valence-corrected chi connectivity index (χ4v) is 4.62. The molecule has 1 fully saturated rings. The second kappa shape index (κ2) is 9.80. The van der Waals surface area contributed by atoms with Gasteiger partial charge in [0.05, 0.1) is 10.7 Å². The zero-order valence-electron chi connectivity index (χ0n) is 17.9. The van der Waals surface area contributed by atoms with Gasteiger partial charge in [0.2, 0.25) is 5.91 Å². The van der Waals surface area contributed by atoms with Gasteiger partial charge in [-0.1, -0.05) is 54.4 Å². The molecule has 7 heteroatoms. The van der Waals surface area contributed by atoms with Crippen molar-refractivity contribution in [1.82, 2.24) is 4.90 Å². The summed E-state index contributed by atoms with van der Waals surface area (Å²) in [7, 11) is 0. The summed E-state index contributed by atoms with van der Waals surface area (Å²) in [5, 5.41) is 5.76. The number of amides is 2. The Kier molecular flexibility index (Phi) is 6.87. The molecule has 0 atom stereocenters. The number of nitrogens with zero attached hydrogens (tertiary/aromatic N) is 2. The molecule has 0 saturated carbocycles. The summed E-state index contributed by atoms with van der Waals surface area (Å²) in [4.78, 5) is 29.1. The maximum atomic E-state index is 12.9. The van der Waals surface area contributed by atoms with Gasteiger partial charge in [0.25, 0.3) is 5.91 Å². The molecule has 0 aliphatic carbocycles. The van der Waals surface area contributed by atoms with Crippen LogP contribution in [-0.2, 0) is 4.79 Å². The highest BCUT2D eigenvalue weighted by Gasteiger charge is 2.22. The van der Waals surface area contributed by atoms with Crippen LogP contribution in [0.25, 0.3) is 10.8 Å². The third-order valence-electron chi connectivity index (χ3n) is 5.76. The van der Waals surface area contributed by atoms with Crippen LogP contribution < -0.4 is 10.2 Å². The van der Waals surface area contributed by atoms with E-state index in [2.05, 4.69) is 10.2 Å². The summed E-state index contributed by atoms with van der Waals surface area (Å²) in [5.41, 5.74) is 2.09. The van der Waals surface area contributed by atoms with E-state index in [-0.39, 0.29) is 11.8 Å². The van der Waals surface area contributed by atoms with E-state index in [1.165, 1.54) is 0 Å². The lowest BCUT2D eigenvalue weighted by molar-refractivity contribution is -0.131. The van der Waals surface area contributed by atoms with Crippen LogP contribution in [0, 0.1) is 0 Å². The van der Waals surface area contributed by atoms with Crippen molar-refractivity contribution in [3.8, 4) is 0 Å². The molecule has 1 N–H and O–H groups in total. The Morgan fingerprint density at radius 1 is 0.906 bits per heavy atom. The molecule has 1 heterocycles. The first kappa shape index (κ1) is 22.4. The highest BCUT2D eigenvalue weighted by atomic mass is 35.5. The van der Waals surface area contributed by atoms with Crippen molar-refractivity contribution in [2.45, 2.75) is 19.8 Å².